The first-order chi connectivity index (χ1) is 13.8. The second-order valence-electron chi connectivity index (χ2n) is 6.46. The van der Waals surface area contributed by atoms with Gasteiger partial charge in [-0.15, -0.1) is 0 Å². The van der Waals surface area contributed by atoms with Crippen molar-refractivity contribution in [2.75, 3.05) is 6.61 Å². The first-order valence-corrected chi connectivity index (χ1v) is 9.11. The number of carbonyl (C=O) groups is 2. The predicted octanol–water partition coefficient (Wildman–Crippen LogP) is 1.61. The topological polar surface area (TPSA) is 109 Å². The summed E-state index contributed by atoms with van der Waals surface area (Å²) in [5, 5.41) is 15.0. The number of halogens is 1. The number of nitrogens with one attached hydrogen (secondary N) is 1. The average Bonchev–Trinajstić information content (AvgIpc) is 2.67. The Morgan fingerprint density at radius 1 is 1.17 bits per heavy atom. The van der Waals surface area contributed by atoms with E-state index in [2.05, 4.69) is 5.32 Å². The third-order valence-electron chi connectivity index (χ3n) is 4.27. The van der Waals surface area contributed by atoms with Crippen molar-refractivity contribution in [1.82, 2.24) is 5.32 Å². The van der Waals surface area contributed by atoms with E-state index in [9.17, 15) is 19.5 Å². The Bertz CT molecular complexity index is 1110. The molecule has 3 rings (SSSR count). The highest BCUT2D eigenvalue weighted by Crippen LogP contribution is 2.22. The van der Waals surface area contributed by atoms with E-state index in [1.54, 1.807) is 43.3 Å². The molecular weight excluding hydrogens is 398 g/mol. The third-order valence-corrected chi connectivity index (χ3v) is 4.52. The third kappa shape index (κ3) is 5.36. The number of benzene rings is 2. The number of hydrogen-bond donors (Lipinski definition) is 1. The van der Waals surface area contributed by atoms with Crippen LogP contribution in [-0.4, -0.2) is 24.5 Å². The van der Waals surface area contributed by atoms with Gasteiger partial charge in [0, 0.05) is 22.5 Å². The first-order valence-electron chi connectivity index (χ1n) is 8.74. The summed E-state index contributed by atoms with van der Waals surface area (Å²) >= 11 is 5.81. The van der Waals surface area contributed by atoms with Gasteiger partial charge in [0.1, 0.15) is 11.3 Å². The molecule has 1 heterocycles. The maximum absolute atomic E-state index is 12.1. The highest BCUT2D eigenvalue weighted by molar-refractivity contribution is 6.30. The number of carboxylic acid groups (broad SMARTS) is 1. The minimum Gasteiger partial charge on any atom is -0.548 e. The van der Waals surface area contributed by atoms with E-state index in [4.69, 9.17) is 20.8 Å². The second kappa shape index (κ2) is 8.79. The molecule has 8 heteroatoms. The molecule has 1 N–H and O–H groups in total. The van der Waals surface area contributed by atoms with Crippen LogP contribution in [-0.2, 0) is 16.0 Å². The Morgan fingerprint density at radius 3 is 2.59 bits per heavy atom. The zero-order chi connectivity index (χ0) is 21.0. The van der Waals surface area contributed by atoms with Crippen LogP contribution in [0.1, 0.15) is 11.1 Å². The van der Waals surface area contributed by atoms with Crippen molar-refractivity contribution in [3.63, 3.8) is 0 Å². The lowest BCUT2D eigenvalue weighted by atomic mass is 10.1. The van der Waals surface area contributed by atoms with Crippen LogP contribution in [0.25, 0.3) is 11.0 Å². The van der Waals surface area contributed by atoms with Crippen LogP contribution in [0.5, 0.6) is 5.75 Å². The van der Waals surface area contributed by atoms with Crippen LogP contribution < -0.4 is 20.8 Å². The number of aliphatic carboxylic acids is 1. The molecule has 150 valence electrons. The SMILES string of the molecule is Cc1cc(=O)oc2cc(OCC(=O)N[C@H](Cc3ccc(Cl)cc3)C(=O)[O-])ccc12. The van der Waals surface area contributed by atoms with Gasteiger partial charge in [0.2, 0.25) is 0 Å². The lowest BCUT2D eigenvalue weighted by Crippen LogP contribution is -2.50. The summed E-state index contributed by atoms with van der Waals surface area (Å²) in [6.07, 6.45) is 0.0473. The Labute approximate surface area is 170 Å². The smallest absolute Gasteiger partial charge is 0.336 e. The van der Waals surface area contributed by atoms with E-state index in [0.29, 0.717) is 21.9 Å². The summed E-state index contributed by atoms with van der Waals surface area (Å²) < 4.78 is 10.5. The van der Waals surface area contributed by atoms with Crippen molar-refractivity contribution < 1.29 is 23.8 Å². The van der Waals surface area contributed by atoms with Gasteiger partial charge in [0.05, 0.1) is 12.0 Å². The standard InChI is InChI=1S/C21H18ClNO6/c1-12-8-20(25)29-18-10-15(6-7-16(12)18)28-11-19(24)23-17(21(26)27)9-13-2-4-14(22)5-3-13/h2-8,10,17H,9,11H2,1H3,(H,23,24)(H,26,27)/p-1/t17-/m1/s1. The van der Waals surface area contributed by atoms with Crippen molar-refractivity contribution in [2.24, 2.45) is 0 Å². The quantitative estimate of drug-likeness (QED) is 0.588. The van der Waals surface area contributed by atoms with Gasteiger partial charge in [0.15, 0.2) is 6.61 Å². The van der Waals surface area contributed by atoms with E-state index in [-0.39, 0.29) is 6.42 Å². The minimum atomic E-state index is -1.41. The first kappa shape index (κ1) is 20.4. The van der Waals surface area contributed by atoms with Crippen LogP contribution in [0.4, 0.5) is 0 Å². The highest BCUT2D eigenvalue weighted by Gasteiger charge is 2.15. The number of carboxylic acids is 1. The fraction of sp³-hybridized carbons (Fsp3) is 0.190. The number of rotatable bonds is 7. The van der Waals surface area contributed by atoms with Gasteiger partial charge in [-0.2, -0.15) is 0 Å². The summed E-state index contributed by atoms with van der Waals surface area (Å²) in [6.45, 7) is 1.37. The number of fused-ring (bicyclic) bond motifs is 1. The normalized spacial score (nSPS) is 11.8. The summed E-state index contributed by atoms with van der Waals surface area (Å²) in [5.41, 5.74) is 1.30. The molecule has 1 atom stereocenters. The van der Waals surface area contributed by atoms with Crippen molar-refractivity contribution in [1.29, 1.82) is 0 Å². The fourth-order valence-electron chi connectivity index (χ4n) is 2.83. The molecule has 1 amide bonds. The molecule has 0 fully saturated rings. The maximum atomic E-state index is 12.1. The van der Waals surface area contributed by atoms with Gasteiger partial charge in [0.25, 0.3) is 5.91 Å². The highest BCUT2D eigenvalue weighted by atomic mass is 35.5. The molecule has 0 aliphatic carbocycles. The summed E-state index contributed by atoms with van der Waals surface area (Å²) in [5.74, 6) is -1.72. The molecule has 0 aliphatic rings. The number of carbonyl (C=O) groups excluding carboxylic acids is 2. The molecule has 0 radical (unpaired) electrons. The largest absolute Gasteiger partial charge is 0.548 e. The van der Waals surface area contributed by atoms with Crippen molar-refractivity contribution in [2.45, 2.75) is 19.4 Å². The van der Waals surface area contributed by atoms with Crippen molar-refractivity contribution in [3.05, 3.63) is 75.1 Å². The number of hydrogen-bond acceptors (Lipinski definition) is 6. The Morgan fingerprint density at radius 2 is 1.90 bits per heavy atom. The van der Waals surface area contributed by atoms with Gasteiger partial charge >= 0.3 is 5.63 Å². The molecule has 0 saturated heterocycles. The molecule has 3 aromatic rings. The zero-order valence-electron chi connectivity index (χ0n) is 15.4. The predicted molar refractivity (Wildman–Crippen MR) is 105 cm³/mol. The maximum Gasteiger partial charge on any atom is 0.336 e. The monoisotopic (exact) mass is 414 g/mol. The summed E-state index contributed by atoms with van der Waals surface area (Å²) in [4.78, 5) is 35.0. The fourth-order valence-corrected chi connectivity index (χ4v) is 2.96. The van der Waals surface area contributed by atoms with Gasteiger partial charge in [-0.3, -0.25) is 4.79 Å². The van der Waals surface area contributed by atoms with Crippen LogP contribution in [0.3, 0.4) is 0 Å². The lowest BCUT2D eigenvalue weighted by molar-refractivity contribution is -0.308. The molecule has 7 nitrogen and oxygen atoms in total. The molecule has 1 aromatic heterocycles. The molecule has 2 aromatic carbocycles. The Kier molecular flexibility index (Phi) is 6.19. The zero-order valence-corrected chi connectivity index (χ0v) is 16.2. The van der Waals surface area contributed by atoms with Crippen LogP contribution in [0, 0.1) is 6.92 Å². The second-order valence-corrected chi connectivity index (χ2v) is 6.90. The van der Waals surface area contributed by atoms with Crippen LogP contribution in [0.15, 0.2) is 57.7 Å². The molecule has 0 bridgehead atoms. The Balaban J connectivity index is 1.63. The van der Waals surface area contributed by atoms with Gasteiger partial charge in [-0.1, -0.05) is 23.7 Å². The van der Waals surface area contributed by atoms with Crippen molar-refractivity contribution >= 4 is 34.4 Å². The van der Waals surface area contributed by atoms with Crippen molar-refractivity contribution in [3.8, 4) is 5.75 Å². The van der Waals surface area contributed by atoms with E-state index in [1.807, 2.05) is 0 Å². The van der Waals surface area contributed by atoms with Gasteiger partial charge in [-0.05, 0) is 48.7 Å². The summed E-state index contributed by atoms with van der Waals surface area (Å²) in [6, 6.07) is 11.6. The molecule has 0 spiro atoms. The molecule has 29 heavy (non-hydrogen) atoms. The average molecular weight is 415 g/mol. The van der Waals surface area contributed by atoms with E-state index < -0.39 is 30.2 Å². The van der Waals surface area contributed by atoms with Gasteiger partial charge in [-0.25, -0.2) is 4.79 Å². The molecule has 0 saturated carbocycles. The van der Waals surface area contributed by atoms with E-state index >= 15 is 0 Å². The minimum absolute atomic E-state index is 0.0473. The molecular formula is C21H17ClNO6-. The number of ether oxygens (including phenoxy) is 1. The van der Waals surface area contributed by atoms with E-state index in [0.717, 1.165) is 10.9 Å². The van der Waals surface area contributed by atoms with Crippen LogP contribution >= 0.6 is 11.6 Å². The summed E-state index contributed by atoms with van der Waals surface area (Å²) in [7, 11) is 0. The molecule has 0 aliphatic heterocycles. The van der Waals surface area contributed by atoms with Gasteiger partial charge < -0.3 is 24.4 Å². The number of amides is 1. The molecule has 0 unspecified atom stereocenters. The number of aryl methyl sites for hydroxylation is 1. The lowest BCUT2D eigenvalue weighted by Gasteiger charge is -2.20. The Hall–Kier alpha value is -3.32. The van der Waals surface area contributed by atoms with E-state index in [1.165, 1.54) is 12.1 Å². The van der Waals surface area contributed by atoms with Crippen LogP contribution in [0.2, 0.25) is 5.02 Å².